The Balaban J connectivity index is 1.20. The smallest absolute Gasteiger partial charge is 0.273 e. The third-order valence-corrected chi connectivity index (χ3v) is 6.39. The first kappa shape index (κ1) is 20.3. The largest absolute Gasteiger partial charge is 0.388 e. The lowest BCUT2D eigenvalue weighted by molar-refractivity contribution is -0.0369. The normalized spacial score (nSPS) is 17.6. The van der Waals surface area contributed by atoms with Crippen LogP contribution < -0.4 is 5.43 Å². The maximum Gasteiger partial charge on any atom is 0.273 e. The van der Waals surface area contributed by atoms with Crippen LogP contribution in [0.2, 0.25) is 0 Å². The average Bonchev–Trinajstić information content (AvgIpc) is 3.31. The van der Waals surface area contributed by atoms with E-state index in [2.05, 4.69) is 5.43 Å². The molecule has 2 amide bonds. The van der Waals surface area contributed by atoms with E-state index in [9.17, 15) is 14.7 Å². The molecule has 0 saturated carbocycles. The van der Waals surface area contributed by atoms with Crippen molar-refractivity contribution in [1.82, 2.24) is 14.5 Å². The van der Waals surface area contributed by atoms with E-state index in [4.69, 9.17) is 0 Å². The number of β-amino-alcohol motifs (C(OH)–C–C–N with tert-alkyl or cyclic N) is 1. The van der Waals surface area contributed by atoms with Crippen LogP contribution in [0.1, 0.15) is 33.7 Å². The number of aromatic nitrogens is 1. The molecule has 32 heavy (non-hydrogen) atoms. The van der Waals surface area contributed by atoms with Crippen LogP contribution in [0, 0.1) is 0 Å². The van der Waals surface area contributed by atoms with Crippen LogP contribution >= 0.6 is 0 Å². The van der Waals surface area contributed by atoms with Crippen LogP contribution in [-0.2, 0) is 0 Å². The summed E-state index contributed by atoms with van der Waals surface area (Å²) in [5.41, 5.74) is 5.53. The van der Waals surface area contributed by atoms with Crippen LogP contribution in [0.25, 0.3) is 11.1 Å². The summed E-state index contributed by atoms with van der Waals surface area (Å²) in [6.45, 7) is 1.51. The van der Waals surface area contributed by atoms with Crippen molar-refractivity contribution in [3.8, 4) is 11.1 Å². The first-order valence-corrected chi connectivity index (χ1v) is 10.9. The van der Waals surface area contributed by atoms with Gasteiger partial charge in [-0.25, -0.2) is 0 Å². The lowest BCUT2D eigenvalue weighted by Crippen LogP contribution is -2.56. The van der Waals surface area contributed by atoms with Gasteiger partial charge in [0.1, 0.15) is 12.4 Å². The molecule has 3 heterocycles. The van der Waals surface area contributed by atoms with Crippen LogP contribution in [-0.4, -0.2) is 63.3 Å². The molecule has 0 unspecified atom stereocenters. The number of rotatable bonds is 4. The van der Waals surface area contributed by atoms with Gasteiger partial charge in [-0.2, -0.15) is 0 Å². The van der Waals surface area contributed by atoms with E-state index in [0.29, 0.717) is 43.9 Å². The number of hydrogen-bond acceptors (Lipinski definition) is 4. The summed E-state index contributed by atoms with van der Waals surface area (Å²) in [4.78, 5) is 29.1. The maximum atomic E-state index is 13.0. The number of nitrogens with one attached hydrogen (secondary N) is 1. The van der Waals surface area contributed by atoms with Crippen molar-refractivity contribution in [3.05, 3.63) is 84.2 Å². The van der Waals surface area contributed by atoms with E-state index in [1.807, 2.05) is 60.7 Å². The van der Waals surface area contributed by atoms with E-state index >= 15 is 0 Å². The second kappa shape index (κ2) is 8.16. The van der Waals surface area contributed by atoms with E-state index in [0.717, 1.165) is 11.1 Å². The SMILES string of the molecule is O=C(c1ccc(-c2ccccc2)cc1)N1CCC(O)(CN2CNn3cccc3C2=O)CC1. The summed E-state index contributed by atoms with van der Waals surface area (Å²) < 4.78 is 1.70. The van der Waals surface area contributed by atoms with Gasteiger partial charge in [-0.05, 0) is 48.2 Å². The molecule has 0 aliphatic carbocycles. The predicted molar refractivity (Wildman–Crippen MR) is 122 cm³/mol. The highest BCUT2D eigenvalue weighted by Gasteiger charge is 2.38. The summed E-state index contributed by atoms with van der Waals surface area (Å²) in [5, 5.41) is 11.1. The minimum absolute atomic E-state index is 0.0276. The van der Waals surface area contributed by atoms with Crippen molar-refractivity contribution in [3.63, 3.8) is 0 Å². The molecule has 2 aliphatic heterocycles. The second-order valence-electron chi connectivity index (χ2n) is 8.54. The Morgan fingerprint density at radius 2 is 1.62 bits per heavy atom. The number of likely N-dealkylation sites (tertiary alicyclic amines) is 1. The number of amides is 2. The lowest BCUT2D eigenvalue weighted by Gasteiger charge is -2.42. The zero-order valence-corrected chi connectivity index (χ0v) is 17.8. The standard InChI is InChI=1S/C25H26N4O3/c30-23(21-10-8-20(9-11-21)19-5-2-1-3-6-19)27-15-12-25(32,13-16-27)17-28-18-26-29-14-4-7-22(29)24(28)31/h1-11,14,26,32H,12-13,15-18H2. The van der Waals surface area contributed by atoms with Gasteiger partial charge in [0, 0.05) is 24.8 Å². The molecule has 1 aromatic heterocycles. The number of carbonyl (C=O) groups excluding carboxylic acids is 2. The molecule has 2 aliphatic rings. The number of carbonyl (C=O) groups is 2. The van der Waals surface area contributed by atoms with Gasteiger partial charge in [-0.3, -0.25) is 14.3 Å². The molecule has 2 aromatic carbocycles. The molecule has 164 valence electrons. The average molecular weight is 431 g/mol. The highest BCUT2D eigenvalue weighted by molar-refractivity contribution is 5.95. The summed E-state index contributed by atoms with van der Waals surface area (Å²) in [6, 6.07) is 21.3. The van der Waals surface area contributed by atoms with Crippen molar-refractivity contribution in [2.45, 2.75) is 18.4 Å². The van der Waals surface area contributed by atoms with E-state index in [-0.39, 0.29) is 18.4 Å². The van der Waals surface area contributed by atoms with Crippen LogP contribution in [0.5, 0.6) is 0 Å². The van der Waals surface area contributed by atoms with Crippen molar-refractivity contribution >= 4 is 11.8 Å². The van der Waals surface area contributed by atoms with Crippen LogP contribution in [0.15, 0.2) is 72.9 Å². The Morgan fingerprint density at radius 3 is 2.34 bits per heavy atom. The quantitative estimate of drug-likeness (QED) is 0.667. The maximum absolute atomic E-state index is 13.0. The summed E-state index contributed by atoms with van der Waals surface area (Å²) in [7, 11) is 0. The number of hydrogen-bond donors (Lipinski definition) is 2. The van der Waals surface area contributed by atoms with Crippen LogP contribution in [0.4, 0.5) is 0 Å². The molecule has 5 rings (SSSR count). The Labute approximate surface area is 186 Å². The third kappa shape index (κ3) is 3.87. The molecule has 0 bridgehead atoms. The van der Waals surface area contributed by atoms with Gasteiger partial charge in [0.15, 0.2) is 0 Å². The van der Waals surface area contributed by atoms with E-state index in [1.165, 1.54) is 0 Å². The molecule has 7 nitrogen and oxygen atoms in total. The topological polar surface area (TPSA) is 77.8 Å². The van der Waals surface area contributed by atoms with Crippen molar-refractivity contribution in [2.24, 2.45) is 0 Å². The highest BCUT2D eigenvalue weighted by atomic mass is 16.3. The first-order chi connectivity index (χ1) is 15.5. The molecular formula is C25H26N4O3. The molecule has 0 spiro atoms. The Kier molecular flexibility index (Phi) is 5.19. The molecule has 0 atom stereocenters. The van der Waals surface area contributed by atoms with Crippen molar-refractivity contribution in [1.29, 1.82) is 0 Å². The predicted octanol–water partition coefficient (Wildman–Crippen LogP) is 2.78. The number of fused-ring (bicyclic) bond motifs is 1. The number of piperidine rings is 1. The molecular weight excluding hydrogens is 404 g/mol. The summed E-state index contributed by atoms with van der Waals surface area (Å²) in [5.74, 6) is -0.126. The Morgan fingerprint density at radius 1 is 0.938 bits per heavy atom. The minimum atomic E-state index is -1.000. The zero-order chi connectivity index (χ0) is 22.1. The van der Waals surface area contributed by atoms with Gasteiger partial charge < -0.3 is 20.3 Å². The van der Waals surface area contributed by atoms with Gasteiger partial charge in [0.05, 0.1) is 12.1 Å². The van der Waals surface area contributed by atoms with Gasteiger partial charge in [-0.1, -0.05) is 42.5 Å². The van der Waals surface area contributed by atoms with Gasteiger partial charge in [0.2, 0.25) is 0 Å². The monoisotopic (exact) mass is 430 g/mol. The summed E-state index contributed by atoms with van der Waals surface area (Å²) in [6.07, 6.45) is 2.67. The highest BCUT2D eigenvalue weighted by Crippen LogP contribution is 2.26. The minimum Gasteiger partial charge on any atom is -0.388 e. The first-order valence-electron chi connectivity index (χ1n) is 10.9. The summed E-state index contributed by atoms with van der Waals surface area (Å²) >= 11 is 0. The van der Waals surface area contributed by atoms with E-state index < -0.39 is 5.60 Å². The number of aliphatic hydroxyl groups is 1. The number of benzene rings is 2. The van der Waals surface area contributed by atoms with E-state index in [1.54, 1.807) is 26.7 Å². The lowest BCUT2D eigenvalue weighted by atomic mass is 9.90. The number of nitrogens with zero attached hydrogens (tertiary/aromatic N) is 3. The second-order valence-corrected chi connectivity index (χ2v) is 8.54. The fourth-order valence-corrected chi connectivity index (χ4v) is 4.47. The van der Waals surface area contributed by atoms with Crippen molar-refractivity contribution in [2.75, 3.05) is 31.7 Å². The Bertz CT molecular complexity index is 1120. The third-order valence-electron chi connectivity index (χ3n) is 6.39. The van der Waals surface area contributed by atoms with Crippen LogP contribution in [0.3, 0.4) is 0 Å². The zero-order valence-electron chi connectivity index (χ0n) is 17.8. The molecule has 1 fully saturated rings. The molecule has 2 N–H and O–H groups in total. The van der Waals surface area contributed by atoms with Gasteiger partial charge in [0.25, 0.3) is 11.8 Å². The van der Waals surface area contributed by atoms with Crippen molar-refractivity contribution < 1.29 is 14.7 Å². The molecule has 1 saturated heterocycles. The van der Waals surface area contributed by atoms with Gasteiger partial charge in [-0.15, -0.1) is 0 Å². The molecule has 7 heteroatoms. The molecule has 3 aromatic rings. The molecule has 0 radical (unpaired) electrons. The Hall–Kier alpha value is -3.58. The fraction of sp³-hybridized carbons (Fsp3) is 0.280. The fourth-order valence-electron chi connectivity index (χ4n) is 4.47. The van der Waals surface area contributed by atoms with Gasteiger partial charge >= 0.3 is 0 Å².